The van der Waals surface area contributed by atoms with Crippen LogP contribution >= 0.6 is 11.8 Å². The number of aromatic amines is 1. The minimum Gasteiger partial charge on any atom is -0.238 e. The van der Waals surface area contributed by atoms with Gasteiger partial charge in [0.05, 0.1) is 7.05 Å². The molecule has 0 radical (unpaired) electrons. The highest BCUT2D eigenvalue weighted by Gasteiger charge is 2.04. The fraction of sp³-hybridized carbons (Fsp3) is 0.571. The van der Waals surface area contributed by atoms with Gasteiger partial charge in [-0.25, -0.2) is 9.55 Å². The van der Waals surface area contributed by atoms with Crippen LogP contribution in [0.5, 0.6) is 0 Å². The SMILES string of the molecule is CCCSc1[nH]cc[n+]1C. The van der Waals surface area contributed by atoms with Gasteiger partial charge in [-0.3, -0.25) is 0 Å². The van der Waals surface area contributed by atoms with Crippen molar-refractivity contribution in [3.8, 4) is 0 Å². The highest BCUT2D eigenvalue weighted by Crippen LogP contribution is 2.09. The standard InChI is InChI=1S/C7H12N2S/c1-3-6-10-7-8-4-5-9(7)2/h4-5H,3,6H2,1-2H3/p+1. The molecule has 0 atom stereocenters. The van der Waals surface area contributed by atoms with E-state index in [1.807, 2.05) is 24.2 Å². The summed E-state index contributed by atoms with van der Waals surface area (Å²) < 4.78 is 2.10. The van der Waals surface area contributed by atoms with E-state index in [0.717, 1.165) is 0 Å². The topological polar surface area (TPSA) is 19.7 Å². The first-order valence-corrected chi connectivity index (χ1v) is 4.49. The van der Waals surface area contributed by atoms with Gasteiger partial charge in [-0.05, 0) is 18.2 Å². The predicted molar refractivity (Wildman–Crippen MR) is 43.0 cm³/mol. The number of hydrogen-bond acceptors (Lipinski definition) is 1. The van der Waals surface area contributed by atoms with Gasteiger partial charge >= 0.3 is 5.16 Å². The summed E-state index contributed by atoms with van der Waals surface area (Å²) in [4.78, 5) is 3.17. The van der Waals surface area contributed by atoms with Crippen LogP contribution in [0.3, 0.4) is 0 Å². The Labute approximate surface area is 65.7 Å². The molecule has 0 aromatic carbocycles. The first-order valence-electron chi connectivity index (χ1n) is 3.50. The molecule has 0 saturated heterocycles. The van der Waals surface area contributed by atoms with E-state index in [-0.39, 0.29) is 0 Å². The van der Waals surface area contributed by atoms with Crippen LogP contribution in [0, 0.1) is 0 Å². The Hall–Kier alpha value is -0.440. The van der Waals surface area contributed by atoms with Crippen molar-refractivity contribution < 1.29 is 4.57 Å². The number of nitrogens with zero attached hydrogens (tertiary/aromatic N) is 1. The summed E-state index contributed by atoms with van der Waals surface area (Å²) in [6.07, 6.45) is 5.21. The van der Waals surface area contributed by atoms with Crippen molar-refractivity contribution in [1.82, 2.24) is 4.98 Å². The van der Waals surface area contributed by atoms with E-state index >= 15 is 0 Å². The Kier molecular flexibility index (Phi) is 2.81. The van der Waals surface area contributed by atoms with E-state index in [4.69, 9.17) is 0 Å². The van der Waals surface area contributed by atoms with Crippen molar-refractivity contribution in [3.05, 3.63) is 12.4 Å². The second-order valence-corrected chi connectivity index (χ2v) is 3.31. The molecule has 10 heavy (non-hydrogen) atoms. The van der Waals surface area contributed by atoms with E-state index in [1.54, 1.807) is 0 Å². The normalized spacial score (nSPS) is 10.2. The third kappa shape index (κ3) is 1.77. The Balaban J connectivity index is 2.49. The molecule has 0 aliphatic heterocycles. The maximum Gasteiger partial charge on any atom is 0.315 e. The van der Waals surface area contributed by atoms with Gasteiger partial charge in [0, 0.05) is 5.75 Å². The third-order valence-electron chi connectivity index (χ3n) is 1.27. The summed E-state index contributed by atoms with van der Waals surface area (Å²) in [6.45, 7) is 2.19. The van der Waals surface area contributed by atoms with E-state index in [2.05, 4.69) is 23.5 Å². The Morgan fingerprint density at radius 3 is 3.00 bits per heavy atom. The zero-order valence-electron chi connectivity index (χ0n) is 6.42. The van der Waals surface area contributed by atoms with Gasteiger partial charge in [0.2, 0.25) is 0 Å². The van der Waals surface area contributed by atoms with Crippen molar-refractivity contribution in [2.45, 2.75) is 18.5 Å². The molecule has 1 N–H and O–H groups in total. The maximum absolute atomic E-state index is 3.17. The van der Waals surface area contributed by atoms with Crippen LogP contribution in [0.2, 0.25) is 0 Å². The molecular formula is C7H13N2S+. The zero-order valence-corrected chi connectivity index (χ0v) is 7.24. The zero-order chi connectivity index (χ0) is 7.40. The number of imidazole rings is 1. The second kappa shape index (κ2) is 3.66. The van der Waals surface area contributed by atoms with E-state index < -0.39 is 0 Å². The molecule has 0 amide bonds. The Bertz CT molecular complexity index is 195. The minimum atomic E-state index is 1.19. The number of aryl methyl sites for hydroxylation is 1. The van der Waals surface area contributed by atoms with E-state index in [1.165, 1.54) is 17.3 Å². The Morgan fingerprint density at radius 1 is 1.70 bits per heavy atom. The molecule has 0 aliphatic rings. The van der Waals surface area contributed by atoms with Crippen LogP contribution < -0.4 is 4.57 Å². The molecule has 0 saturated carbocycles. The van der Waals surface area contributed by atoms with Crippen LogP contribution in [0.25, 0.3) is 0 Å². The Morgan fingerprint density at radius 2 is 2.50 bits per heavy atom. The largest absolute Gasteiger partial charge is 0.315 e. The van der Waals surface area contributed by atoms with E-state index in [0.29, 0.717) is 0 Å². The fourth-order valence-corrected chi connectivity index (χ4v) is 1.55. The average Bonchev–Trinajstić information content (AvgIpc) is 2.31. The van der Waals surface area contributed by atoms with Crippen LogP contribution in [0.1, 0.15) is 13.3 Å². The fourth-order valence-electron chi connectivity index (χ4n) is 0.732. The van der Waals surface area contributed by atoms with Crippen molar-refractivity contribution >= 4 is 11.8 Å². The highest BCUT2D eigenvalue weighted by atomic mass is 32.2. The number of nitrogens with one attached hydrogen (secondary N) is 1. The summed E-state index contributed by atoms with van der Waals surface area (Å²) in [5, 5.41) is 1.24. The third-order valence-corrected chi connectivity index (χ3v) is 2.56. The van der Waals surface area contributed by atoms with Gasteiger partial charge in [0.1, 0.15) is 12.4 Å². The second-order valence-electron chi connectivity index (χ2n) is 2.22. The van der Waals surface area contributed by atoms with E-state index in [9.17, 15) is 0 Å². The quantitative estimate of drug-likeness (QED) is 0.518. The molecule has 3 heteroatoms. The van der Waals surface area contributed by atoms with Crippen molar-refractivity contribution in [1.29, 1.82) is 0 Å². The summed E-state index contributed by atoms with van der Waals surface area (Å²) in [5.74, 6) is 1.19. The highest BCUT2D eigenvalue weighted by molar-refractivity contribution is 7.99. The molecule has 56 valence electrons. The molecule has 0 unspecified atom stereocenters. The van der Waals surface area contributed by atoms with Gasteiger partial charge in [0.25, 0.3) is 0 Å². The van der Waals surface area contributed by atoms with Crippen molar-refractivity contribution in [3.63, 3.8) is 0 Å². The molecular weight excluding hydrogens is 144 g/mol. The molecule has 0 spiro atoms. The van der Waals surface area contributed by atoms with Crippen LogP contribution in [-0.4, -0.2) is 10.7 Å². The van der Waals surface area contributed by atoms with Crippen LogP contribution in [-0.2, 0) is 7.05 Å². The lowest BCUT2D eigenvalue weighted by atomic mass is 10.6. The molecule has 0 bridgehead atoms. The lowest BCUT2D eigenvalue weighted by Crippen LogP contribution is -2.27. The predicted octanol–water partition coefficient (Wildman–Crippen LogP) is 1.34. The summed E-state index contributed by atoms with van der Waals surface area (Å²) in [6, 6.07) is 0. The summed E-state index contributed by atoms with van der Waals surface area (Å²) in [5.41, 5.74) is 0. The lowest BCUT2D eigenvalue weighted by Gasteiger charge is -1.90. The number of H-pyrrole nitrogens is 1. The molecule has 0 fully saturated rings. The summed E-state index contributed by atoms with van der Waals surface area (Å²) in [7, 11) is 2.05. The molecule has 1 rings (SSSR count). The van der Waals surface area contributed by atoms with Gasteiger partial charge in [-0.15, -0.1) is 0 Å². The van der Waals surface area contributed by atoms with Gasteiger partial charge < -0.3 is 0 Å². The van der Waals surface area contributed by atoms with Crippen LogP contribution in [0.15, 0.2) is 17.6 Å². The van der Waals surface area contributed by atoms with Crippen molar-refractivity contribution in [2.75, 3.05) is 5.75 Å². The van der Waals surface area contributed by atoms with Crippen LogP contribution in [0.4, 0.5) is 0 Å². The number of thioether (sulfide) groups is 1. The molecule has 2 nitrogen and oxygen atoms in total. The molecule has 1 aromatic rings. The smallest absolute Gasteiger partial charge is 0.238 e. The first kappa shape index (κ1) is 7.66. The minimum absolute atomic E-state index is 1.19. The molecule has 1 heterocycles. The molecule has 0 aliphatic carbocycles. The number of hydrogen-bond donors (Lipinski definition) is 1. The molecule has 1 aromatic heterocycles. The number of aromatic nitrogens is 2. The maximum atomic E-state index is 3.17. The summed E-state index contributed by atoms with van der Waals surface area (Å²) >= 11 is 1.86. The lowest BCUT2D eigenvalue weighted by molar-refractivity contribution is -0.708. The van der Waals surface area contributed by atoms with Gasteiger partial charge in [0.15, 0.2) is 0 Å². The van der Waals surface area contributed by atoms with Gasteiger partial charge in [-0.1, -0.05) is 6.92 Å². The first-order chi connectivity index (χ1) is 4.84. The number of rotatable bonds is 3. The monoisotopic (exact) mass is 157 g/mol. The average molecular weight is 157 g/mol. The van der Waals surface area contributed by atoms with Gasteiger partial charge in [-0.2, -0.15) is 0 Å². The van der Waals surface area contributed by atoms with Crippen molar-refractivity contribution in [2.24, 2.45) is 7.05 Å².